The van der Waals surface area contributed by atoms with Crippen molar-refractivity contribution < 1.29 is 4.79 Å². The van der Waals surface area contributed by atoms with Crippen LogP contribution < -0.4 is 16.4 Å². The summed E-state index contributed by atoms with van der Waals surface area (Å²) in [7, 11) is 0. The highest BCUT2D eigenvalue weighted by Gasteiger charge is 2.01. The maximum atomic E-state index is 11.6. The number of rotatable bonds is 3. The molecule has 0 spiro atoms. The van der Waals surface area contributed by atoms with E-state index in [-0.39, 0.29) is 6.03 Å². The van der Waals surface area contributed by atoms with Gasteiger partial charge in [0.1, 0.15) is 0 Å². The molecule has 0 aliphatic heterocycles. The second kappa shape index (κ2) is 5.72. The summed E-state index contributed by atoms with van der Waals surface area (Å²) < 4.78 is 0. The van der Waals surface area contributed by atoms with Crippen LogP contribution in [0.3, 0.4) is 0 Å². The number of urea groups is 1. The highest BCUT2D eigenvalue weighted by atomic mass is 16.2. The lowest BCUT2D eigenvalue weighted by molar-refractivity contribution is 0.251. The van der Waals surface area contributed by atoms with Gasteiger partial charge in [0.05, 0.1) is 0 Å². The lowest BCUT2D eigenvalue weighted by Crippen LogP contribution is -2.28. The summed E-state index contributed by atoms with van der Waals surface area (Å²) in [5.41, 5.74) is 7.99. The molecule has 0 atom stereocenters. The Morgan fingerprint density at radius 3 is 2.56 bits per heavy atom. The third-order valence-electron chi connectivity index (χ3n) is 2.44. The Bertz CT molecular complexity index is 526. The first-order valence-electron chi connectivity index (χ1n) is 5.68. The van der Waals surface area contributed by atoms with Gasteiger partial charge in [-0.15, -0.1) is 0 Å². The number of carbonyl (C=O) groups is 1. The van der Waals surface area contributed by atoms with Crippen LogP contribution in [0, 0.1) is 0 Å². The molecule has 0 saturated carbocycles. The van der Waals surface area contributed by atoms with E-state index in [9.17, 15) is 4.79 Å². The largest absolute Gasteiger partial charge is 0.399 e. The van der Waals surface area contributed by atoms with Gasteiger partial charge in [-0.2, -0.15) is 0 Å². The molecule has 0 aliphatic rings. The average Bonchev–Trinajstić information content (AvgIpc) is 2.38. The maximum absolute atomic E-state index is 11.6. The molecule has 92 valence electrons. The van der Waals surface area contributed by atoms with Gasteiger partial charge in [-0.05, 0) is 23.8 Å². The van der Waals surface area contributed by atoms with E-state index in [1.807, 2.05) is 30.3 Å². The topological polar surface area (TPSA) is 67.1 Å². The second-order valence-electron chi connectivity index (χ2n) is 3.92. The molecule has 0 aliphatic carbocycles. The van der Waals surface area contributed by atoms with Crippen molar-refractivity contribution in [3.63, 3.8) is 0 Å². The Hall–Kier alpha value is -2.49. The Morgan fingerprint density at radius 2 is 1.83 bits per heavy atom. The maximum Gasteiger partial charge on any atom is 0.319 e. The van der Waals surface area contributed by atoms with E-state index < -0.39 is 0 Å². The van der Waals surface area contributed by atoms with Crippen molar-refractivity contribution in [2.24, 2.45) is 0 Å². The van der Waals surface area contributed by atoms with Gasteiger partial charge < -0.3 is 16.4 Å². The number of carbonyl (C=O) groups excluding carboxylic acids is 1. The van der Waals surface area contributed by atoms with Gasteiger partial charge in [0.15, 0.2) is 0 Å². The Kier molecular flexibility index (Phi) is 3.81. The minimum atomic E-state index is -0.246. The lowest BCUT2D eigenvalue weighted by Gasteiger charge is -2.08. The predicted molar refractivity (Wildman–Crippen MR) is 73.2 cm³/mol. The number of nitrogens with two attached hydrogens (primary N) is 1. The van der Waals surface area contributed by atoms with E-state index in [1.165, 1.54) is 0 Å². The number of nitrogen functional groups attached to an aromatic ring is 1. The molecule has 0 saturated heterocycles. The summed E-state index contributed by atoms with van der Waals surface area (Å²) in [5.74, 6) is 0. The quantitative estimate of drug-likeness (QED) is 0.723. The fourth-order valence-corrected chi connectivity index (χ4v) is 1.57. The Labute approximate surface area is 106 Å². The monoisotopic (exact) mass is 241 g/mol. The van der Waals surface area contributed by atoms with E-state index in [4.69, 9.17) is 5.73 Å². The molecule has 0 radical (unpaired) electrons. The Morgan fingerprint density at radius 1 is 1.06 bits per heavy atom. The minimum Gasteiger partial charge on any atom is -0.399 e. The smallest absolute Gasteiger partial charge is 0.319 e. The van der Waals surface area contributed by atoms with Crippen LogP contribution in [-0.2, 0) is 6.54 Å². The van der Waals surface area contributed by atoms with Gasteiger partial charge in [0.25, 0.3) is 0 Å². The number of benzene rings is 2. The van der Waals surface area contributed by atoms with E-state index in [0.29, 0.717) is 17.9 Å². The summed E-state index contributed by atoms with van der Waals surface area (Å²) in [6.07, 6.45) is 0. The van der Waals surface area contributed by atoms with E-state index in [1.54, 1.807) is 24.3 Å². The molecule has 4 heteroatoms. The van der Waals surface area contributed by atoms with Crippen molar-refractivity contribution in [3.8, 4) is 0 Å². The summed E-state index contributed by atoms with van der Waals surface area (Å²) >= 11 is 0. The normalized spacial score (nSPS) is 9.78. The van der Waals surface area contributed by atoms with E-state index in [0.717, 1.165) is 5.56 Å². The number of hydrogen-bond donors (Lipinski definition) is 3. The van der Waals surface area contributed by atoms with Crippen molar-refractivity contribution in [3.05, 3.63) is 60.2 Å². The molecule has 2 aromatic carbocycles. The first kappa shape index (κ1) is 12.0. The van der Waals surface area contributed by atoms with Crippen molar-refractivity contribution >= 4 is 17.4 Å². The summed E-state index contributed by atoms with van der Waals surface area (Å²) in [6.45, 7) is 0.495. The highest BCUT2D eigenvalue weighted by Crippen LogP contribution is 2.11. The lowest BCUT2D eigenvalue weighted by atomic mass is 10.2. The molecule has 2 aromatic rings. The summed E-state index contributed by atoms with van der Waals surface area (Å²) in [5, 5.41) is 5.50. The SMILES string of the molecule is Nc1cccc(NC(=O)NCc2ccccc2)c1. The van der Waals surface area contributed by atoms with Gasteiger partial charge in [-0.3, -0.25) is 0 Å². The van der Waals surface area contributed by atoms with Gasteiger partial charge >= 0.3 is 6.03 Å². The van der Waals surface area contributed by atoms with Crippen LogP contribution in [0.25, 0.3) is 0 Å². The first-order valence-corrected chi connectivity index (χ1v) is 5.68. The van der Waals surface area contributed by atoms with Crippen LogP contribution in [-0.4, -0.2) is 6.03 Å². The fraction of sp³-hybridized carbons (Fsp3) is 0.0714. The standard InChI is InChI=1S/C14H15N3O/c15-12-7-4-8-13(9-12)17-14(18)16-10-11-5-2-1-3-6-11/h1-9H,10,15H2,(H2,16,17,18). The zero-order chi connectivity index (χ0) is 12.8. The van der Waals surface area contributed by atoms with Crippen molar-refractivity contribution in [1.29, 1.82) is 0 Å². The van der Waals surface area contributed by atoms with Gasteiger partial charge in [0, 0.05) is 17.9 Å². The van der Waals surface area contributed by atoms with E-state index >= 15 is 0 Å². The Balaban J connectivity index is 1.86. The van der Waals surface area contributed by atoms with Crippen LogP contribution in [0.4, 0.5) is 16.2 Å². The molecule has 0 unspecified atom stereocenters. The van der Waals surface area contributed by atoms with Crippen molar-refractivity contribution in [2.45, 2.75) is 6.54 Å². The van der Waals surface area contributed by atoms with Gasteiger partial charge in [-0.1, -0.05) is 36.4 Å². The molecule has 0 fully saturated rings. The molecular formula is C14H15N3O. The highest BCUT2D eigenvalue weighted by molar-refractivity contribution is 5.89. The third kappa shape index (κ3) is 3.52. The number of amides is 2. The molecule has 2 amide bonds. The van der Waals surface area contributed by atoms with Crippen molar-refractivity contribution in [1.82, 2.24) is 5.32 Å². The van der Waals surface area contributed by atoms with Gasteiger partial charge in [0.2, 0.25) is 0 Å². The summed E-state index contributed by atoms with van der Waals surface area (Å²) in [6, 6.07) is 16.6. The molecule has 0 heterocycles. The third-order valence-corrected chi connectivity index (χ3v) is 2.44. The number of nitrogens with one attached hydrogen (secondary N) is 2. The van der Waals surface area contributed by atoms with Crippen molar-refractivity contribution in [2.75, 3.05) is 11.1 Å². The number of anilines is 2. The molecule has 4 nitrogen and oxygen atoms in total. The minimum absolute atomic E-state index is 0.246. The second-order valence-corrected chi connectivity index (χ2v) is 3.92. The molecule has 2 rings (SSSR count). The van der Waals surface area contributed by atoms with Crippen LogP contribution in [0.15, 0.2) is 54.6 Å². The van der Waals surface area contributed by atoms with Crippen LogP contribution >= 0.6 is 0 Å². The molecule has 18 heavy (non-hydrogen) atoms. The molecule has 0 bridgehead atoms. The predicted octanol–water partition coefficient (Wildman–Crippen LogP) is 2.59. The molecule has 4 N–H and O–H groups in total. The van der Waals surface area contributed by atoms with E-state index in [2.05, 4.69) is 10.6 Å². The summed E-state index contributed by atoms with van der Waals surface area (Å²) in [4.78, 5) is 11.6. The zero-order valence-corrected chi connectivity index (χ0v) is 9.89. The fourth-order valence-electron chi connectivity index (χ4n) is 1.57. The molecule has 0 aromatic heterocycles. The van der Waals surface area contributed by atoms with Gasteiger partial charge in [-0.25, -0.2) is 4.79 Å². The van der Waals surface area contributed by atoms with Crippen LogP contribution in [0.5, 0.6) is 0 Å². The van der Waals surface area contributed by atoms with Crippen LogP contribution in [0.2, 0.25) is 0 Å². The molecular weight excluding hydrogens is 226 g/mol. The first-order chi connectivity index (χ1) is 8.74. The zero-order valence-electron chi connectivity index (χ0n) is 9.89. The average molecular weight is 241 g/mol. The number of hydrogen-bond acceptors (Lipinski definition) is 2. The van der Waals surface area contributed by atoms with Crippen LogP contribution in [0.1, 0.15) is 5.56 Å².